The average Bonchev–Trinajstić information content (AvgIpc) is 3.47. The first kappa shape index (κ1) is 14.9. The Kier molecular flexibility index (Phi) is 4.02. The van der Waals surface area contributed by atoms with E-state index in [1.54, 1.807) is 12.4 Å². The third-order valence-electron chi connectivity index (χ3n) is 4.50. The minimum absolute atomic E-state index is 0.0145. The Morgan fingerprint density at radius 3 is 2.29 bits per heavy atom. The van der Waals surface area contributed by atoms with Crippen LogP contribution in [-0.2, 0) is 0 Å². The van der Waals surface area contributed by atoms with E-state index >= 15 is 0 Å². The Balaban J connectivity index is 1.35. The van der Waals surface area contributed by atoms with Crippen LogP contribution in [0.2, 0.25) is 0 Å². The second-order valence-corrected chi connectivity index (χ2v) is 6.33. The molecule has 0 unspecified atom stereocenters. The van der Waals surface area contributed by atoms with Crippen molar-refractivity contribution in [1.29, 1.82) is 0 Å². The molecule has 1 N–H and O–H groups in total. The van der Waals surface area contributed by atoms with Crippen LogP contribution >= 0.6 is 0 Å². The van der Waals surface area contributed by atoms with Gasteiger partial charge in [-0.05, 0) is 25.0 Å². The molecule has 2 aromatic rings. The van der Waals surface area contributed by atoms with Gasteiger partial charge in [0.15, 0.2) is 0 Å². The quantitative estimate of drug-likeness (QED) is 0.933. The van der Waals surface area contributed by atoms with Gasteiger partial charge in [-0.3, -0.25) is 4.79 Å². The molecule has 4 rings (SSSR count). The van der Waals surface area contributed by atoms with Crippen LogP contribution in [0, 0.1) is 0 Å². The van der Waals surface area contributed by atoms with Gasteiger partial charge in [0.25, 0.3) is 5.91 Å². The molecule has 1 aliphatic heterocycles. The summed E-state index contributed by atoms with van der Waals surface area (Å²) in [5, 5.41) is 3.23. The summed E-state index contributed by atoms with van der Waals surface area (Å²) in [5.74, 6) is 0.628. The Morgan fingerprint density at radius 1 is 1.00 bits per heavy atom. The monoisotopic (exact) mass is 323 g/mol. The molecule has 6 nitrogen and oxygen atoms in total. The number of rotatable bonds is 4. The Hall–Kier alpha value is -2.63. The van der Waals surface area contributed by atoms with Gasteiger partial charge in [-0.1, -0.05) is 18.2 Å². The van der Waals surface area contributed by atoms with Crippen molar-refractivity contribution in [2.24, 2.45) is 0 Å². The molecule has 0 radical (unpaired) electrons. The van der Waals surface area contributed by atoms with Crippen molar-refractivity contribution in [2.75, 3.05) is 36.4 Å². The molecule has 0 spiro atoms. The molecule has 1 amide bonds. The summed E-state index contributed by atoms with van der Waals surface area (Å²) in [6, 6.07) is 10.8. The van der Waals surface area contributed by atoms with E-state index in [1.807, 2.05) is 23.1 Å². The van der Waals surface area contributed by atoms with E-state index in [2.05, 4.69) is 32.3 Å². The van der Waals surface area contributed by atoms with Crippen molar-refractivity contribution >= 4 is 17.5 Å². The van der Waals surface area contributed by atoms with Crippen LogP contribution < -0.4 is 10.2 Å². The second kappa shape index (κ2) is 6.47. The Bertz CT molecular complexity index is 691. The van der Waals surface area contributed by atoms with Crippen LogP contribution in [-0.4, -0.2) is 53.0 Å². The summed E-state index contributed by atoms with van der Waals surface area (Å²) in [7, 11) is 0. The summed E-state index contributed by atoms with van der Waals surface area (Å²) in [6.45, 7) is 3.13. The van der Waals surface area contributed by atoms with Gasteiger partial charge in [-0.15, -0.1) is 0 Å². The molecular weight excluding hydrogens is 302 g/mol. The number of anilines is 2. The number of nitrogens with zero attached hydrogens (tertiary/aromatic N) is 4. The lowest BCUT2D eigenvalue weighted by atomic mass is 10.2. The number of carbonyl (C=O) groups excluding carboxylic acids is 1. The lowest BCUT2D eigenvalue weighted by Crippen LogP contribution is -2.48. The molecule has 0 bridgehead atoms. The number of hydrogen-bond donors (Lipinski definition) is 1. The fourth-order valence-electron chi connectivity index (χ4n) is 2.91. The number of hydrogen-bond acceptors (Lipinski definition) is 5. The highest BCUT2D eigenvalue weighted by Gasteiger charge is 2.24. The molecule has 2 fully saturated rings. The highest BCUT2D eigenvalue weighted by molar-refractivity contribution is 5.93. The third kappa shape index (κ3) is 3.32. The van der Waals surface area contributed by atoms with E-state index < -0.39 is 0 Å². The molecule has 124 valence electrons. The minimum atomic E-state index is 0.0145. The lowest BCUT2D eigenvalue weighted by molar-refractivity contribution is 0.0746. The Labute approximate surface area is 141 Å². The van der Waals surface area contributed by atoms with Crippen LogP contribution in [0.3, 0.4) is 0 Å². The van der Waals surface area contributed by atoms with Gasteiger partial charge in [0.05, 0.1) is 5.56 Å². The van der Waals surface area contributed by atoms with E-state index in [0.29, 0.717) is 17.6 Å². The summed E-state index contributed by atoms with van der Waals surface area (Å²) in [5.41, 5.74) is 1.77. The molecule has 2 aliphatic rings. The smallest absolute Gasteiger partial charge is 0.257 e. The van der Waals surface area contributed by atoms with E-state index in [0.717, 1.165) is 26.2 Å². The zero-order valence-corrected chi connectivity index (χ0v) is 13.6. The highest BCUT2D eigenvalue weighted by Crippen LogP contribution is 2.22. The molecule has 0 atom stereocenters. The number of nitrogens with one attached hydrogen (secondary N) is 1. The highest BCUT2D eigenvalue weighted by atomic mass is 16.2. The van der Waals surface area contributed by atoms with Gasteiger partial charge in [0, 0.05) is 50.3 Å². The number of benzene rings is 1. The molecule has 24 heavy (non-hydrogen) atoms. The summed E-state index contributed by atoms with van der Waals surface area (Å²) in [6.07, 6.45) is 5.61. The van der Waals surface area contributed by atoms with Crippen LogP contribution in [0.5, 0.6) is 0 Å². The largest absolute Gasteiger partial charge is 0.368 e. The number of amides is 1. The molecule has 6 heteroatoms. The van der Waals surface area contributed by atoms with Crippen molar-refractivity contribution in [3.63, 3.8) is 0 Å². The van der Waals surface area contributed by atoms with Crippen LogP contribution in [0.4, 0.5) is 11.6 Å². The predicted octanol–water partition coefficient (Wildman–Crippen LogP) is 2.01. The van der Waals surface area contributed by atoms with E-state index in [4.69, 9.17) is 0 Å². The number of para-hydroxylation sites is 1. The zero-order valence-electron chi connectivity index (χ0n) is 13.6. The predicted molar refractivity (Wildman–Crippen MR) is 93.2 cm³/mol. The van der Waals surface area contributed by atoms with Crippen molar-refractivity contribution in [3.8, 4) is 0 Å². The first-order valence-corrected chi connectivity index (χ1v) is 8.47. The SMILES string of the molecule is O=C(c1cnc(NC2CC2)nc1)N1CCN(c2ccccc2)CC1. The maximum atomic E-state index is 12.6. The van der Waals surface area contributed by atoms with Gasteiger partial charge in [-0.2, -0.15) is 0 Å². The van der Waals surface area contributed by atoms with Crippen molar-refractivity contribution in [2.45, 2.75) is 18.9 Å². The normalized spacial score (nSPS) is 17.7. The first-order chi connectivity index (χ1) is 11.8. The molecule has 1 aliphatic carbocycles. The van der Waals surface area contributed by atoms with E-state index in [1.165, 1.54) is 18.5 Å². The summed E-state index contributed by atoms with van der Waals surface area (Å²) < 4.78 is 0. The van der Waals surface area contributed by atoms with Gasteiger partial charge in [0.2, 0.25) is 5.95 Å². The Morgan fingerprint density at radius 2 is 1.67 bits per heavy atom. The number of carbonyl (C=O) groups is 1. The molecular formula is C18H21N5O. The minimum Gasteiger partial charge on any atom is -0.368 e. The van der Waals surface area contributed by atoms with Gasteiger partial charge in [-0.25, -0.2) is 9.97 Å². The van der Waals surface area contributed by atoms with Gasteiger partial charge in [0.1, 0.15) is 0 Å². The molecule has 1 aromatic carbocycles. The van der Waals surface area contributed by atoms with E-state index in [9.17, 15) is 4.79 Å². The topological polar surface area (TPSA) is 61.4 Å². The maximum absolute atomic E-state index is 12.6. The fourth-order valence-corrected chi connectivity index (χ4v) is 2.91. The summed E-state index contributed by atoms with van der Waals surface area (Å²) >= 11 is 0. The van der Waals surface area contributed by atoms with Crippen LogP contribution in [0.25, 0.3) is 0 Å². The molecule has 1 saturated carbocycles. The van der Waals surface area contributed by atoms with Gasteiger partial charge >= 0.3 is 0 Å². The maximum Gasteiger partial charge on any atom is 0.257 e. The first-order valence-electron chi connectivity index (χ1n) is 8.47. The van der Waals surface area contributed by atoms with Crippen LogP contribution in [0.1, 0.15) is 23.2 Å². The zero-order chi connectivity index (χ0) is 16.4. The lowest BCUT2D eigenvalue weighted by Gasteiger charge is -2.36. The molecule has 2 heterocycles. The van der Waals surface area contributed by atoms with Crippen molar-refractivity contribution in [3.05, 3.63) is 48.3 Å². The third-order valence-corrected chi connectivity index (χ3v) is 4.50. The van der Waals surface area contributed by atoms with Crippen LogP contribution in [0.15, 0.2) is 42.7 Å². The second-order valence-electron chi connectivity index (χ2n) is 6.33. The summed E-state index contributed by atoms with van der Waals surface area (Å²) in [4.78, 5) is 25.3. The number of piperazine rings is 1. The van der Waals surface area contributed by atoms with Crippen molar-refractivity contribution < 1.29 is 4.79 Å². The van der Waals surface area contributed by atoms with Gasteiger partial charge < -0.3 is 15.1 Å². The standard InChI is InChI=1S/C18H21N5O/c24-17(14-12-19-18(20-13-14)21-15-6-7-15)23-10-8-22(9-11-23)16-4-2-1-3-5-16/h1-5,12-13,15H,6-11H2,(H,19,20,21). The fraction of sp³-hybridized carbons (Fsp3) is 0.389. The van der Waals surface area contributed by atoms with E-state index in [-0.39, 0.29) is 5.91 Å². The average molecular weight is 323 g/mol. The number of aromatic nitrogens is 2. The molecule has 1 aromatic heterocycles. The van der Waals surface area contributed by atoms with Crippen molar-refractivity contribution in [1.82, 2.24) is 14.9 Å². The molecule has 1 saturated heterocycles.